The van der Waals surface area contributed by atoms with Crippen LogP contribution in [0.3, 0.4) is 0 Å². The van der Waals surface area contributed by atoms with Crippen LogP contribution >= 0.6 is 0 Å². The van der Waals surface area contributed by atoms with E-state index in [9.17, 15) is 13.2 Å². The Morgan fingerprint density at radius 3 is 2.77 bits per heavy atom. The minimum atomic E-state index is -3.03. The fraction of sp³-hybridized carbons (Fsp3) is 0.368. The molecule has 1 fully saturated rings. The van der Waals surface area contributed by atoms with Crippen molar-refractivity contribution in [3.05, 3.63) is 59.4 Å². The normalized spacial score (nSPS) is 18.5. The average molecular weight is 374 g/mol. The van der Waals surface area contributed by atoms with E-state index in [0.717, 1.165) is 17.0 Å². The zero-order chi connectivity index (χ0) is 18.7. The highest BCUT2D eigenvalue weighted by atomic mass is 32.2. The summed E-state index contributed by atoms with van der Waals surface area (Å²) in [4.78, 5) is 18.6. The van der Waals surface area contributed by atoms with Crippen LogP contribution in [0.5, 0.6) is 5.75 Å². The van der Waals surface area contributed by atoms with E-state index in [1.54, 1.807) is 32.5 Å². The van der Waals surface area contributed by atoms with Crippen molar-refractivity contribution in [2.45, 2.75) is 18.9 Å². The second kappa shape index (κ2) is 7.45. The third-order valence-corrected chi connectivity index (χ3v) is 6.45. The van der Waals surface area contributed by atoms with Crippen LogP contribution < -0.4 is 4.74 Å². The summed E-state index contributed by atoms with van der Waals surface area (Å²) in [6, 6.07) is 10.8. The van der Waals surface area contributed by atoms with Gasteiger partial charge in [-0.15, -0.1) is 0 Å². The van der Waals surface area contributed by atoms with Gasteiger partial charge in [0.2, 0.25) is 0 Å². The van der Waals surface area contributed by atoms with Crippen molar-refractivity contribution < 1.29 is 17.9 Å². The van der Waals surface area contributed by atoms with E-state index in [2.05, 4.69) is 4.98 Å². The van der Waals surface area contributed by atoms with E-state index in [-0.39, 0.29) is 23.5 Å². The summed E-state index contributed by atoms with van der Waals surface area (Å²) in [5.74, 6) is 0.772. The van der Waals surface area contributed by atoms with Crippen molar-refractivity contribution in [2.75, 3.05) is 25.7 Å². The lowest BCUT2D eigenvalue weighted by atomic mass is 10.1. The van der Waals surface area contributed by atoms with Crippen molar-refractivity contribution in [2.24, 2.45) is 0 Å². The molecule has 1 aliphatic rings. The van der Waals surface area contributed by atoms with Crippen LogP contribution in [0, 0.1) is 0 Å². The van der Waals surface area contributed by atoms with Crippen molar-refractivity contribution >= 4 is 15.7 Å². The van der Waals surface area contributed by atoms with Crippen LogP contribution in [-0.4, -0.2) is 55.9 Å². The van der Waals surface area contributed by atoms with E-state index in [0.29, 0.717) is 18.4 Å². The van der Waals surface area contributed by atoms with E-state index >= 15 is 0 Å². The molecule has 26 heavy (non-hydrogen) atoms. The Kier molecular flexibility index (Phi) is 5.27. The molecule has 2 aromatic rings. The fourth-order valence-corrected chi connectivity index (χ4v) is 4.98. The van der Waals surface area contributed by atoms with Crippen LogP contribution in [0.1, 0.15) is 28.0 Å². The van der Waals surface area contributed by atoms with Gasteiger partial charge < -0.3 is 9.64 Å². The fourth-order valence-electron chi connectivity index (χ4n) is 3.20. The van der Waals surface area contributed by atoms with Gasteiger partial charge in [-0.25, -0.2) is 8.42 Å². The summed E-state index contributed by atoms with van der Waals surface area (Å²) in [6.45, 7) is 0. The summed E-state index contributed by atoms with van der Waals surface area (Å²) in [5.41, 5.74) is 2.26. The molecule has 7 heteroatoms. The van der Waals surface area contributed by atoms with E-state index in [1.165, 1.54) is 4.90 Å². The number of methoxy groups -OCH3 is 1. The van der Waals surface area contributed by atoms with Gasteiger partial charge in [-0.2, -0.15) is 0 Å². The summed E-state index contributed by atoms with van der Waals surface area (Å²) in [6.07, 6.45) is 2.65. The van der Waals surface area contributed by atoms with Crippen LogP contribution in [0.2, 0.25) is 0 Å². The van der Waals surface area contributed by atoms with Crippen molar-refractivity contribution in [1.82, 2.24) is 9.88 Å². The lowest BCUT2D eigenvalue weighted by molar-refractivity contribution is 0.0747. The number of hydrogen-bond donors (Lipinski definition) is 0. The summed E-state index contributed by atoms with van der Waals surface area (Å²) >= 11 is 0. The van der Waals surface area contributed by atoms with Gasteiger partial charge in [0.25, 0.3) is 5.91 Å². The Hall–Kier alpha value is -2.41. The molecule has 1 amide bonds. The molecule has 1 saturated heterocycles. The largest absolute Gasteiger partial charge is 0.496 e. The van der Waals surface area contributed by atoms with Crippen molar-refractivity contribution in [3.63, 3.8) is 0 Å². The molecule has 0 spiro atoms. The minimum Gasteiger partial charge on any atom is -0.496 e. The van der Waals surface area contributed by atoms with Gasteiger partial charge in [0.15, 0.2) is 9.84 Å². The molecule has 1 aromatic carbocycles. The Labute approximate surface area is 153 Å². The number of pyridine rings is 1. The standard InChI is InChI=1S/C19H22N2O4S/c1-21(17-8-10-26(23,24)13-17)19(22)15-7-9-20-16(12-15)11-14-5-3-4-6-18(14)25-2/h3-7,9,12,17H,8,10-11,13H2,1-2H3/t17-/m1/s1. The molecule has 3 rings (SSSR count). The van der Waals surface area contributed by atoms with Crippen LogP contribution in [0.25, 0.3) is 0 Å². The summed E-state index contributed by atoms with van der Waals surface area (Å²) in [7, 11) is 0.250. The first-order valence-corrected chi connectivity index (χ1v) is 10.3. The van der Waals surface area contributed by atoms with Gasteiger partial charge >= 0.3 is 0 Å². The monoisotopic (exact) mass is 374 g/mol. The minimum absolute atomic E-state index is 0.0361. The van der Waals surface area contributed by atoms with Gasteiger partial charge in [0.05, 0.1) is 18.6 Å². The molecule has 0 N–H and O–H groups in total. The molecule has 6 nitrogen and oxygen atoms in total. The number of nitrogens with zero attached hydrogens (tertiary/aromatic N) is 2. The molecular formula is C19H22N2O4S. The van der Waals surface area contributed by atoms with E-state index in [4.69, 9.17) is 4.74 Å². The number of benzene rings is 1. The zero-order valence-corrected chi connectivity index (χ0v) is 15.7. The molecule has 2 heterocycles. The number of carbonyl (C=O) groups is 1. The first-order valence-electron chi connectivity index (χ1n) is 8.44. The number of carbonyl (C=O) groups excluding carboxylic acids is 1. The van der Waals surface area contributed by atoms with Gasteiger partial charge in [0, 0.05) is 42.5 Å². The number of para-hydroxylation sites is 1. The third kappa shape index (κ3) is 4.04. The quantitative estimate of drug-likeness (QED) is 0.799. The summed E-state index contributed by atoms with van der Waals surface area (Å²) < 4.78 is 28.7. The maximum atomic E-state index is 12.7. The number of sulfone groups is 1. The Morgan fingerprint density at radius 2 is 2.08 bits per heavy atom. The lowest BCUT2D eigenvalue weighted by Gasteiger charge is -2.23. The van der Waals surface area contributed by atoms with Gasteiger partial charge in [-0.05, 0) is 24.6 Å². The zero-order valence-electron chi connectivity index (χ0n) is 14.9. The Bertz CT molecular complexity index is 911. The third-order valence-electron chi connectivity index (χ3n) is 4.70. The predicted molar refractivity (Wildman–Crippen MR) is 99.2 cm³/mol. The van der Waals surface area contributed by atoms with Gasteiger partial charge in [0.1, 0.15) is 5.75 Å². The van der Waals surface area contributed by atoms with E-state index < -0.39 is 9.84 Å². The molecule has 1 atom stereocenters. The first kappa shape index (κ1) is 18.4. The first-order chi connectivity index (χ1) is 12.4. The van der Waals surface area contributed by atoms with Crippen LogP contribution in [0.15, 0.2) is 42.6 Å². The van der Waals surface area contributed by atoms with Crippen molar-refractivity contribution in [3.8, 4) is 5.75 Å². The number of hydrogen-bond acceptors (Lipinski definition) is 5. The smallest absolute Gasteiger partial charge is 0.253 e. The number of rotatable bonds is 5. The molecule has 1 aliphatic heterocycles. The average Bonchev–Trinajstić information content (AvgIpc) is 3.01. The molecule has 138 valence electrons. The topological polar surface area (TPSA) is 76.6 Å². The summed E-state index contributed by atoms with van der Waals surface area (Å²) in [5, 5.41) is 0. The number of ether oxygens (including phenoxy) is 1. The SMILES string of the molecule is COc1ccccc1Cc1cc(C(=O)N(C)[C@@H]2CCS(=O)(=O)C2)ccn1. The molecule has 0 bridgehead atoms. The lowest BCUT2D eigenvalue weighted by Crippen LogP contribution is -2.37. The number of amides is 1. The van der Waals surface area contributed by atoms with Gasteiger partial charge in [-0.3, -0.25) is 9.78 Å². The Balaban J connectivity index is 1.77. The van der Waals surface area contributed by atoms with Crippen LogP contribution in [0.4, 0.5) is 0 Å². The van der Waals surface area contributed by atoms with E-state index in [1.807, 2.05) is 24.3 Å². The molecular weight excluding hydrogens is 352 g/mol. The second-order valence-electron chi connectivity index (χ2n) is 6.50. The second-order valence-corrected chi connectivity index (χ2v) is 8.73. The van der Waals surface area contributed by atoms with Gasteiger partial charge in [-0.1, -0.05) is 18.2 Å². The molecule has 0 saturated carbocycles. The maximum absolute atomic E-state index is 12.7. The highest BCUT2D eigenvalue weighted by molar-refractivity contribution is 7.91. The molecule has 0 radical (unpaired) electrons. The highest BCUT2D eigenvalue weighted by Gasteiger charge is 2.33. The maximum Gasteiger partial charge on any atom is 0.253 e. The Morgan fingerprint density at radius 1 is 1.31 bits per heavy atom. The molecule has 0 unspecified atom stereocenters. The number of aromatic nitrogens is 1. The predicted octanol–water partition coefficient (Wildman–Crippen LogP) is 1.94. The highest BCUT2D eigenvalue weighted by Crippen LogP contribution is 2.22. The molecule has 1 aromatic heterocycles. The molecule has 0 aliphatic carbocycles. The van der Waals surface area contributed by atoms with Crippen molar-refractivity contribution in [1.29, 1.82) is 0 Å². The van der Waals surface area contributed by atoms with Crippen LogP contribution in [-0.2, 0) is 16.3 Å².